The average Bonchev–Trinajstić information content (AvgIpc) is 3.08. The normalized spacial score (nSPS) is 14.0. The van der Waals surface area contributed by atoms with Crippen LogP contribution >= 0.6 is 0 Å². The van der Waals surface area contributed by atoms with Gasteiger partial charge in [-0.25, -0.2) is 0 Å². The predicted octanol–water partition coefficient (Wildman–Crippen LogP) is 3.06. The van der Waals surface area contributed by atoms with Gasteiger partial charge in [0.2, 0.25) is 5.43 Å². The van der Waals surface area contributed by atoms with Crippen molar-refractivity contribution in [3.63, 3.8) is 0 Å². The second-order valence-electron chi connectivity index (χ2n) is 6.21. The van der Waals surface area contributed by atoms with Crippen LogP contribution in [0.4, 0.5) is 0 Å². The summed E-state index contributed by atoms with van der Waals surface area (Å²) >= 11 is 0. The SMILES string of the molecule is CN1C(=O)c2c(c3c([nH]c4ccccc43)c(=O)c3ccccc23)C1=O. The minimum absolute atomic E-state index is 0.209. The Balaban J connectivity index is 2.24. The van der Waals surface area contributed by atoms with Crippen molar-refractivity contribution < 1.29 is 9.59 Å². The van der Waals surface area contributed by atoms with E-state index >= 15 is 0 Å². The lowest BCUT2D eigenvalue weighted by atomic mass is 10.0. The van der Waals surface area contributed by atoms with E-state index in [0.29, 0.717) is 32.8 Å². The summed E-state index contributed by atoms with van der Waals surface area (Å²) < 4.78 is 0. The standard InChI is InChI=1S/C20H12N2O3/c1-22-19(24)15-10-6-2-3-7-11(10)18(23)17-14(16(15)20(22)25)12-8-4-5-9-13(12)21-17/h2-9,21H,1H3. The molecule has 120 valence electrons. The molecule has 0 radical (unpaired) electrons. The average molecular weight is 328 g/mol. The van der Waals surface area contributed by atoms with Crippen LogP contribution in [0.1, 0.15) is 20.7 Å². The second-order valence-corrected chi connectivity index (χ2v) is 6.21. The number of carbonyl (C=O) groups is 2. The highest BCUT2D eigenvalue weighted by Crippen LogP contribution is 2.35. The fraction of sp³-hybridized carbons (Fsp3) is 0.0500. The molecule has 4 aromatic rings. The smallest absolute Gasteiger partial charge is 0.262 e. The Morgan fingerprint density at radius 1 is 0.760 bits per heavy atom. The largest absolute Gasteiger partial charge is 0.351 e. The van der Waals surface area contributed by atoms with Gasteiger partial charge in [-0.1, -0.05) is 42.5 Å². The number of H-pyrrole nitrogens is 1. The molecule has 0 saturated heterocycles. The number of rotatable bonds is 0. The number of aromatic amines is 1. The minimum atomic E-state index is -0.379. The lowest BCUT2D eigenvalue weighted by Gasteiger charge is -2.04. The van der Waals surface area contributed by atoms with E-state index in [1.165, 1.54) is 7.05 Å². The number of nitrogens with one attached hydrogen (secondary N) is 1. The van der Waals surface area contributed by atoms with E-state index in [2.05, 4.69) is 4.98 Å². The van der Waals surface area contributed by atoms with Gasteiger partial charge in [0.05, 0.1) is 16.6 Å². The second kappa shape index (κ2) is 4.54. The molecule has 1 aromatic heterocycles. The number of amides is 2. The number of imide groups is 1. The van der Waals surface area contributed by atoms with Crippen molar-refractivity contribution in [3.8, 4) is 0 Å². The van der Waals surface area contributed by atoms with Crippen molar-refractivity contribution in [3.05, 3.63) is 69.9 Å². The van der Waals surface area contributed by atoms with Gasteiger partial charge < -0.3 is 4.98 Å². The molecule has 2 heterocycles. The van der Waals surface area contributed by atoms with Gasteiger partial charge in [0.15, 0.2) is 0 Å². The molecular weight excluding hydrogens is 316 g/mol. The first kappa shape index (κ1) is 13.9. The number of hydrogen-bond acceptors (Lipinski definition) is 3. The Labute approximate surface area is 141 Å². The molecule has 5 heteroatoms. The predicted molar refractivity (Wildman–Crippen MR) is 96.0 cm³/mol. The summed E-state index contributed by atoms with van der Waals surface area (Å²) in [4.78, 5) is 43.0. The van der Waals surface area contributed by atoms with Crippen molar-refractivity contribution in [2.45, 2.75) is 0 Å². The zero-order valence-electron chi connectivity index (χ0n) is 13.3. The van der Waals surface area contributed by atoms with Gasteiger partial charge in [0.25, 0.3) is 11.8 Å². The highest BCUT2D eigenvalue weighted by atomic mass is 16.2. The van der Waals surface area contributed by atoms with E-state index in [4.69, 9.17) is 0 Å². The van der Waals surface area contributed by atoms with Crippen LogP contribution in [-0.2, 0) is 0 Å². The van der Waals surface area contributed by atoms with Crippen LogP contribution in [0, 0.1) is 0 Å². The molecule has 1 aliphatic heterocycles. The molecule has 0 fully saturated rings. The fourth-order valence-electron chi connectivity index (χ4n) is 3.73. The molecule has 0 saturated carbocycles. The van der Waals surface area contributed by atoms with E-state index in [9.17, 15) is 14.4 Å². The highest BCUT2D eigenvalue weighted by Gasteiger charge is 2.37. The zero-order chi connectivity index (χ0) is 17.3. The lowest BCUT2D eigenvalue weighted by Crippen LogP contribution is -2.24. The van der Waals surface area contributed by atoms with Gasteiger partial charge in [-0.2, -0.15) is 0 Å². The van der Waals surface area contributed by atoms with Crippen LogP contribution in [0.5, 0.6) is 0 Å². The minimum Gasteiger partial charge on any atom is -0.351 e. The van der Waals surface area contributed by atoms with Crippen LogP contribution in [-0.4, -0.2) is 28.7 Å². The Morgan fingerprint density at radius 3 is 2.12 bits per heavy atom. The summed E-state index contributed by atoms with van der Waals surface area (Å²) in [5.41, 5.74) is 1.52. The van der Waals surface area contributed by atoms with E-state index < -0.39 is 0 Å². The van der Waals surface area contributed by atoms with Crippen LogP contribution in [0.25, 0.3) is 32.6 Å². The van der Waals surface area contributed by atoms with E-state index in [1.54, 1.807) is 24.3 Å². The van der Waals surface area contributed by atoms with Crippen molar-refractivity contribution in [1.29, 1.82) is 0 Å². The van der Waals surface area contributed by atoms with Crippen molar-refractivity contribution >= 4 is 44.4 Å². The third-order valence-corrected chi connectivity index (χ3v) is 4.91. The summed E-state index contributed by atoms with van der Waals surface area (Å²) in [5.74, 6) is -0.756. The first-order valence-corrected chi connectivity index (χ1v) is 7.91. The fourth-order valence-corrected chi connectivity index (χ4v) is 3.73. The Bertz CT molecular complexity index is 1320. The summed E-state index contributed by atoms with van der Waals surface area (Å²) in [6.07, 6.45) is 0. The number of nitrogens with zero attached hydrogens (tertiary/aromatic N) is 1. The zero-order valence-corrected chi connectivity index (χ0v) is 13.3. The van der Waals surface area contributed by atoms with Gasteiger partial charge in [0.1, 0.15) is 0 Å². The molecule has 1 aliphatic rings. The molecule has 0 bridgehead atoms. The molecule has 25 heavy (non-hydrogen) atoms. The molecule has 0 unspecified atom stereocenters. The van der Waals surface area contributed by atoms with Gasteiger partial charge in [-0.05, 0) is 11.5 Å². The van der Waals surface area contributed by atoms with E-state index in [-0.39, 0.29) is 17.2 Å². The molecule has 5 nitrogen and oxygen atoms in total. The number of carbonyl (C=O) groups excluding carboxylic acids is 2. The summed E-state index contributed by atoms with van der Waals surface area (Å²) in [6, 6.07) is 14.4. The van der Waals surface area contributed by atoms with Crippen molar-refractivity contribution in [1.82, 2.24) is 9.88 Å². The topological polar surface area (TPSA) is 70.2 Å². The molecule has 2 amide bonds. The van der Waals surface area contributed by atoms with Crippen LogP contribution in [0.3, 0.4) is 0 Å². The molecule has 3 aromatic carbocycles. The number of benzene rings is 2. The Kier molecular flexibility index (Phi) is 2.53. The number of fused-ring (bicyclic) bond motifs is 7. The summed E-state index contributed by atoms with van der Waals surface area (Å²) in [5, 5.41) is 2.23. The van der Waals surface area contributed by atoms with Gasteiger partial charge in [0, 0.05) is 28.7 Å². The van der Waals surface area contributed by atoms with Crippen LogP contribution in [0.15, 0.2) is 53.3 Å². The maximum Gasteiger partial charge on any atom is 0.262 e. The molecule has 0 aliphatic carbocycles. The van der Waals surface area contributed by atoms with E-state index in [1.807, 2.05) is 24.3 Å². The number of hydrogen-bond donors (Lipinski definition) is 1. The van der Waals surface area contributed by atoms with Crippen molar-refractivity contribution in [2.75, 3.05) is 7.05 Å². The molecule has 1 N–H and O–H groups in total. The van der Waals surface area contributed by atoms with Gasteiger partial charge in [-0.15, -0.1) is 0 Å². The van der Waals surface area contributed by atoms with Crippen LogP contribution in [0.2, 0.25) is 0 Å². The quantitative estimate of drug-likeness (QED) is 0.504. The molecule has 5 rings (SSSR count). The summed E-state index contributed by atoms with van der Waals surface area (Å²) in [6.45, 7) is 0. The van der Waals surface area contributed by atoms with E-state index in [0.717, 1.165) is 15.8 Å². The third kappa shape index (κ3) is 1.59. The molecule has 0 atom stereocenters. The first-order valence-electron chi connectivity index (χ1n) is 7.91. The van der Waals surface area contributed by atoms with Gasteiger partial charge >= 0.3 is 0 Å². The first-order chi connectivity index (χ1) is 12.1. The van der Waals surface area contributed by atoms with Crippen molar-refractivity contribution in [2.24, 2.45) is 0 Å². The maximum atomic E-state index is 13.1. The molecule has 0 spiro atoms. The lowest BCUT2D eigenvalue weighted by molar-refractivity contribution is 0.0694. The number of aromatic nitrogens is 1. The Hall–Kier alpha value is -3.47. The maximum absolute atomic E-state index is 13.1. The van der Waals surface area contributed by atoms with Crippen LogP contribution < -0.4 is 5.43 Å². The third-order valence-electron chi connectivity index (χ3n) is 4.91. The van der Waals surface area contributed by atoms with Gasteiger partial charge in [-0.3, -0.25) is 19.3 Å². The highest BCUT2D eigenvalue weighted by molar-refractivity contribution is 6.33. The molecular formula is C20H12N2O3. The number of para-hydroxylation sites is 1. The monoisotopic (exact) mass is 328 g/mol. The Morgan fingerprint density at radius 2 is 1.36 bits per heavy atom. The summed E-state index contributed by atoms with van der Waals surface area (Å²) in [7, 11) is 1.47.